The Bertz CT molecular complexity index is 1200. The molecule has 0 radical (unpaired) electrons. The molecule has 8 nitrogen and oxygen atoms in total. The van der Waals surface area contributed by atoms with Crippen LogP contribution in [0.2, 0.25) is 0 Å². The molecule has 1 aliphatic carbocycles. The number of carbonyl (C=O) groups is 2. The van der Waals surface area contributed by atoms with Crippen LogP contribution in [0.3, 0.4) is 0 Å². The number of aryl methyl sites for hydroxylation is 1. The molecule has 2 aromatic rings. The maximum absolute atomic E-state index is 14.5. The number of ether oxygens (including phenoxy) is 1. The van der Waals surface area contributed by atoms with E-state index in [1.54, 1.807) is 38.1 Å². The first-order valence-electron chi connectivity index (χ1n) is 12.0. The lowest BCUT2D eigenvalue weighted by Crippen LogP contribution is -2.52. The molecular formula is C26H34FN3O5S. The Hall–Kier alpha value is -3.14. The lowest BCUT2D eigenvalue weighted by atomic mass is 10.1. The Morgan fingerprint density at radius 2 is 1.83 bits per heavy atom. The van der Waals surface area contributed by atoms with Crippen LogP contribution in [-0.4, -0.2) is 57.1 Å². The lowest BCUT2D eigenvalue weighted by molar-refractivity contribution is -0.139. The van der Waals surface area contributed by atoms with Gasteiger partial charge in [-0.2, -0.15) is 0 Å². The molecule has 0 saturated heterocycles. The SMILES string of the molecule is COc1ccc(C)cc1N(CC(=O)N(Cc1ccccc1F)[C@@H](C)C(=O)NC1CCCC1)S(C)(=O)=O. The molecule has 1 fully saturated rings. The average molecular weight is 520 g/mol. The molecule has 1 N–H and O–H groups in total. The summed E-state index contributed by atoms with van der Waals surface area (Å²) in [6.07, 6.45) is 4.79. The van der Waals surface area contributed by atoms with Gasteiger partial charge in [0.05, 0.1) is 19.1 Å². The van der Waals surface area contributed by atoms with E-state index in [1.807, 2.05) is 0 Å². The summed E-state index contributed by atoms with van der Waals surface area (Å²) < 4.78 is 46.4. The van der Waals surface area contributed by atoms with Crippen molar-refractivity contribution in [1.29, 1.82) is 0 Å². The summed E-state index contributed by atoms with van der Waals surface area (Å²) in [5, 5.41) is 2.98. The van der Waals surface area contributed by atoms with Crippen LogP contribution in [0.15, 0.2) is 42.5 Å². The molecule has 2 aromatic carbocycles. The second-order valence-electron chi connectivity index (χ2n) is 9.22. The van der Waals surface area contributed by atoms with Gasteiger partial charge in [-0.05, 0) is 50.5 Å². The maximum atomic E-state index is 14.5. The van der Waals surface area contributed by atoms with Crippen LogP contribution >= 0.6 is 0 Å². The highest BCUT2D eigenvalue weighted by molar-refractivity contribution is 7.92. The number of nitrogens with zero attached hydrogens (tertiary/aromatic N) is 2. The number of hydrogen-bond donors (Lipinski definition) is 1. The fourth-order valence-corrected chi connectivity index (χ4v) is 5.22. The number of carbonyl (C=O) groups excluding carboxylic acids is 2. The third-order valence-corrected chi connectivity index (χ3v) is 7.58. The number of amides is 2. The molecule has 1 saturated carbocycles. The molecule has 1 atom stereocenters. The highest BCUT2D eigenvalue weighted by atomic mass is 32.2. The van der Waals surface area contributed by atoms with Gasteiger partial charge in [0, 0.05) is 18.2 Å². The number of rotatable bonds is 10. The van der Waals surface area contributed by atoms with Gasteiger partial charge in [-0.25, -0.2) is 12.8 Å². The van der Waals surface area contributed by atoms with Crippen molar-refractivity contribution in [2.45, 2.75) is 58.2 Å². The molecule has 3 rings (SSSR count). The quantitative estimate of drug-likeness (QED) is 0.519. The topological polar surface area (TPSA) is 96.0 Å². The van der Waals surface area contributed by atoms with Crippen molar-refractivity contribution in [1.82, 2.24) is 10.2 Å². The fraction of sp³-hybridized carbons (Fsp3) is 0.462. The van der Waals surface area contributed by atoms with Gasteiger partial charge in [0.2, 0.25) is 21.8 Å². The van der Waals surface area contributed by atoms with Crippen LogP contribution < -0.4 is 14.4 Å². The fourth-order valence-electron chi connectivity index (χ4n) is 4.37. The molecule has 2 amide bonds. The molecule has 0 bridgehead atoms. The van der Waals surface area contributed by atoms with Crippen molar-refractivity contribution >= 4 is 27.5 Å². The van der Waals surface area contributed by atoms with Gasteiger partial charge in [-0.3, -0.25) is 13.9 Å². The molecule has 0 heterocycles. The molecule has 0 aliphatic heterocycles. The monoisotopic (exact) mass is 519 g/mol. The van der Waals surface area contributed by atoms with Gasteiger partial charge < -0.3 is 15.0 Å². The van der Waals surface area contributed by atoms with Crippen molar-refractivity contribution in [3.63, 3.8) is 0 Å². The van der Waals surface area contributed by atoms with Crippen molar-refractivity contribution in [2.24, 2.45) is 0 Å². The standard InChI is InChI=1S/C26H34FN3O5S/c1-18-13-14-24(35-3)23(15-18)30(36(4,33)34)17-25(31)29(16-20-9-5-8-12-22(20)27)19(2)26(32)28-21-10-6-7-11-21/h5,8-9,12-15,19,21H,6-7,10-11,16-17H2,1-4H3,(H,28,32)/t19-/m0/s1. The van der Waals surface area contributed by atoms with E-state index in [9.17, 15) is 22.4 Å². The minimum atomic E-state index is -3.91. The van der Waals surface area contributed by atoms with E-state index in [2.05, 4.69) is 5.32 Å². The minimum Gasteiger partial charge on any atom is -0.495 e. The first kappa shape index (κ1) is 27.4. The van der Waals surface area contributed by atoms with E-state index in [1.165, 1.54) is 30.2 Å². The summed E-state index contributed by atoms with van der Waals surface area (Å²) in [6, 6.07) is 10.1. The minimum absolute atomic E-state index is 0.0365. The van der Waals surface area contributed by atoms with Gasteiger partial charge in [0.15, 0.2) is 0 Å². The molecule has 0 aromatic heterocycles. The Morgan fingerprint density at radius 3 is 2.44 bits per heavy atom. The Morgan fingerprint density at radius 1 is 1.17 bits per heavy atom. The van der Waals surface area contributed by atoms with Gasteiger partial charge in [-0.15, -0.1) is 0 Å². The van der Waals surface area contributed by atoms with Crippen LogP contribution in [0, 0.1) is 12.7 Å². The normalized spacial score (nSPS) is 14.8. The van der Waals surface area contributed by atoms with Crippen molar-refractivity contribution in [3.8, 4) is 5.75 Å². The first-order valence-corrected chi connectivity index (χ1v) is 13.8. The Balaban J connectivity index is 1.94. The largest absolute Gasteiger partial charge is 0.495 e. The molecule has 196 valence electrons. The summed E-state index contributed by atoms with van der Waals surface area (Å²) in [4.78, 5) is 27.9. The van der Waals surface area contributed by atoms with E-state index in [4.69, 9.17) is 4.74 Å². The predicted molar refractivity (Wildman–Crippen MR) is 137 cm³/mol. The van der Waals surface area contributed by atoms with Gasteiger partial charge in [0.1, 0.15) is 24.2 Å². The molecule has 36 heavy (non-hydrogen) atoms. The Labute approximate surface area is 212 Å². The van der Waals surface area contributed by atoms with Crippen LogP contribution in [-0.2, 0) is 26.2 Å². The lowest BCUT2D eigenvalue weighted by Gasteiger charge is -2.32. The Kier molecular flexibility index (Phi) is 8.94. The van der Waals surface area contributed by atoms with Gasteiger partial charge >= 0.3 is 0 Å². The van der Waals surface area contributed by atoms with Gasteiger partial charge in [-0.1, -0.05) is 37.1 Å². The summed E-state index contributed by atoms with van der Waals surface area (Å²) in [5.41, 5.74) is 1.21. The zero-order chi connectivity index (χ0) is 26.5. The first-order chi connectivity index (χ1) is 17.0. The van der Waals surface area contributed by atoms with Crippen molar-refractivity contribution in [2.75, 3.05) is 24.2 Å². The van der Waals surface area contributed by atoms with Crippen molar-refractivity contribution < 1.29 is 27.1 Å². The highest BCUT2D eigenvalue weighted by Crippen LogP contribution is 2.31. The molecule has 10 heteroatoms. The zero-order valence-electron chi connectivity index (χ0n) is 21.2. The van der Waals surface area contributed by atoms with Crippen LogP contribution in [0.1, 0.15) is 43.7 Å². The second-order valence-corrected chi connectivity index (χ2v) is 11.1. The predicted octanol–water partition coefficient (Wildman–Crippen LogP) is 3.38. The summed E-state index contributed by atoms with van der Waals surface area (Å²) in [6.45, 7) is 2.60. The number of methoxy groups -OCH3 is 1. The average Bonchev–Trinajstić information content (AvgIpc) is 3.33. The van der Waals surface area contributed by atoms with E-state index in [0.29, 0.717) is 0 Å². The molecule has 1 aliphatic rings. The van der Waals surface area contributed by atoms with Crippen LogP contribution in [0.25, 0.3) is 0 Å². The molecular weight excluding hydrogens is 485 g/mol. The second kappa shape index (κ2) is 11.7. The smallest absolute Gasteiger partial charge is 0.244 e. The number of anilines is 1. The third kappa shape index (κ3) is 6.75. The number of hydrogen-bond acceptors (Lipinski definition) is 5. The summed E-state index contributed by atoms with van der Waals surface area (Å²) in [5.74, 6) is -1.22. The highest BCUT2D eigenvalue weighted by Gasteiger charge is 2.32. The number of benzene rings is 2. The summed E-state index contributed by atoms with van der Waals surface area (Å²) >= 11 is 0. The van der Waals surface area contributed by atoms with Gasteiger partial charge in [0.25, 0.3) is 0 Å². The number of sulfonamides is 1. The number of nitrogens with one attached hydrogen (secondary N) is 1. The molecule has 0 spiro atoms. The van der Waals surface area contributed by atoms with Crippen molar-refractivity contribution in [3.05, 3.63) is 59.4 Å². The van der Waals surface area contributed by atoms with E-state index >= 15 is 0 Å². The van der Waals surface area contributed by atoms with E-state index in [0.717, 1.165) is 41.8 Å². The van der Waals surface area contributed by atoms with Crippen LogP contribution in [0.4, 0.5) is 10.1 Å². The third-order valence-electron chi connectivity index (χ3n) is 6.45. The summed E-state index contributed by atoms with van der Waals surface area (Å²) in [7, 11) is -2.50. The maximum Gasteiger partial charge on any atom is 0.244 e. The van der Waals surface area contributed by atoms with E-state index < -0.39 is 34.3 Å². The number of halogens is 1. The van der Waals surface area contributed by atoms with Crippen LogP contribution in [0.5, 0.6) is 5.75 Å². The molecule has 0 unspecified atom stereocenters. The van der Waals surface area contributed by atoms with E-state index in [-0.39, 0.29) is 35.5 Å². The zero-order valence-corrected chi connectivity index (χ0v) is 22.0.